The summed E-state index contributed by atoms with van der Waals surface area (Å²) in [5.41, 5.74) is 0.914. The number of hydrogen-bond acceptors (Lipinski definition) is 5. The second-order valence-electron chi connectivity index (χ2n) is 8.42. The van der Waals surface area contributed by atoms with Crippen molar-refractivity contribution in [3.8, 4) is 0 Å². The van der Waals surface area contributed by atoms with Crippen LogP contribution in [0.5, 0.6) is 0 Å². The van der Waals surface area contributed by atoms with Crippen LogP contribution in [0.15, 0.2) is 34.9 Å². The van der Waals surface area contributed by atoms with Crippen molar-refractivity contribution in [2.75, 3.05) is 6.61 Å². The Morgan fingerprint density at radius 2 is 2.04 bits per heavy atom. The lowest BCUT2D eigenvalue weighted by molar-refractivity contribution is -0.156. The molecule has 5 heteroatoms. The molecule has 0 radical (unpaired) electrons. The number of rotatable bonds is 4. The summed E-state index contributed by atoms with van der Waals surface area (Å²) in [6.45, 7) is 3.24. The van der Waals surface area contributed by atoms with Gasteiger partial charge in [-0.2, -0.15) is 0 Å². The minimum atomic E-state index is -1.60. The van der Waals surface area contributed by atoms with E-state index in [9.17, 15) is 25.2 Å². The van der Waals surface area contributed by atoms with E-state index in [0.717, 1.165) is 24.0 Å². The number of fused-ring (bicyclic) bond motifs is 1. The Labute approximate surface area is 154 Å². The molecule has 4 N–H and O–H groups in total. The zero-order chi connectivity index (χ0) is 19.1. The number of carbonyl (C=O) groups excluding carboxylic acids is 1. The number of allylic oxidation sites excluding steroid dienone is 4. The fourth-order valence-electron chi connectivity index (χ4n) is 5.16. The molecule has 0 aliphatic heterocycles. The van der Waals surface area contributed by atoms with E-state index in [0.29, 0.717) is 25.7 Å². The Hall–Kier alpha value is -1.27. The van der Waals surface area contributed by atoms with Gasteiger partial charge in [-0.15, -0.1) is 0 Å². The molecular weight excluding hydrogens is 332 g/mol. The molecule has 3 aliphatic carbocycles. The molecule has 0 unspecified atom stereocenters. The summed E-state index contributed by atoms with van der Waals surface area (Å²) in [7, 11) is 0. The van der Waals surface area contributed by atoms with E-state index in [1.165, 1.54) is 5.57 Å². The monoisotopic (exact) mass is 362 g/mol. The van der Waals surface area contributed by atoms with Crippen molar-refractivity contribution < 1.29 is 25.2 Å². The molecule has 0 amide bonds. The van der Waals surface area contributed by atoms with Gasteiger partial charge >= 0.3 is 0 Å². The topological polar surface area (TPSA) is 98.0 Å². The molecule has 0 aromatic heterocycles. The third-order valence-electron chi connectivity index (χ3n) is 6.87. The lowest BCUT2D eigenvalue weighted by Gasteiger charge is -2.45. The first-order valence-corrected chi connectivity index (χ1v) is 9.52. The van der Waals surface area contributed by atoms with E-state index < -0.39 is 29.5 Å². The molecule has 5 nitrogen and oxygen atoms in total. The van der Waals surface area contributed by atoms with E-state index >= 15 is 0 Å². The highest BCUT2D eigenvalue weighted by Crippen LogP contribution is 2.58. The van der Waals surface area contributed by atoms with Gasteiger partial charge in [-0.05, 0) is 62.5 Å². The quantitative estimate of drug-likeness (QED) is 0.611. The molecule has 26 heavy (non-hydrogen) atoms. The summed E-state index contributed by atoms with van der Waals surface area (Å²) in [6, 6.07) is 0. The van der Waals surface area contributed by atoms with Gasteiger partial charge in [-0.25, -0.2) is 0 Å². The van der Waals surface area contributed by atoms with Crippen LogP contribution in [-0.2, 0) is 4.79 Å². The predicted molar refractivity (Wildman–Crippen MR) is 98.3 cm³/mol. The summed E-state index contributed by atoms with van der Waals surface area (Å²) in [6.07, 6.45) is 8.29. The third-order valence-corrected chi connectivity index (χ3v) is 6.87. The van der Waals surface area contributed by atoms with Crippen LogP contribution in [-0.4, -0.2) is 50.6 Å². The van der Waals surface area contributed by atoms with E-state index in [4.69, 9.17) is 0 Å². The van der Waals surface area contributed by atoms with Gasteiger partial charge < -0.3 is 20.4 Å². The van der Waals surface area contributed by atoms with Crippen molar-refractivity contribution in [2.24, 2.45) is 11.3 Å². The van der Waals surface area contributed by atoms with Crippen molar-refractivity contribution >= 4 is 5.78 Å². The van der Waals surface area contributed by atoms with Crippen LogP contribution in [0.2, 0.25) is 0 Å². The molecule has 0 saturated heterocycles. The van der Waals surface area contributed by atoms with Gasteiger partial charge in [0.1, 0.15) is 12.2 Å². The van der Waals surface area contributed by atoms with Crippen LogP contribution in [0.4, 0.5) is 0 Å². The molecule has 1 saturated carbocycles. The molecule has 1 fully saturated rings. The van der Waals surface area contributed by atoms with Crippen molar-refractivity contribution in [3.05, 3.63) is 34.9 Å². The van der Waals surface area contributed by atoms with Gasteiger partial charge in [0.05, 0.1) is 12.2 Å². The van der Waals surface area contributed by atoms with E-state index in [1.807, 2.05) is 25.2 Å². The zero-order valence-electron chi connectivity index (χ0n) is 15.6. The third kappa shape index (κ3) is 3.11. The van der Waals surface area contributed by atoms with Gasteiger partial charge in [-0.3, -0.25) is 4.79 Å². The van der Waals surface area contributed by atoms with E-state index in [1.54, 1.807) is 0 Å². The van der Waals surface area contributed by atoms with Crippen LogP contribution in [0, 0.1) is 11.3 Å². The van der Waals surface area contributed by atoms with Crippen LogP contribution in [0.3, 0.4) is 0 Å². The lowest BCUT2D eigenvalue weighted by atomic mass is 9.61. The smallest absolute Gasteiger partial charge is 0.190 e. The van der Waals surface area contributed by atoms with Gasteiger partial charge in [0.15, 0.2) is 5.78 Å². The lowest BCUT2D eigenvalue weighted by Crippen LogP contribution is -2.54. The molecule has 3 rings (SSSR count). The van der Waals surface area contributed by atoms with Crippen LogP contribution in [0.1, 0.15) is 52.4 Å². The van der Waals surface area contributed by atoms with Crippen LogP contribution in [0.25, 0.3) is 0 Å². The molecule has 144 valence electrons. The molecule has 0 aromatic rings. The Kier molecular flexibility index (Phi) is 5.28. The Bertz CT molecular complexity index is 676. The summed E-state index contributed by atoms with van der Waals surface area (Å²) in [5.74, 6) is -0.606. The maximum Gasteiger partial charge on any atom is 0.190 e. The average Bonchev–Trinajstić information content (AvgIpc) is 2.86. The average molecular weight is 362 g/mol. The molecule has 0 spiro atoms. The van der Waals surface area contributed by atoms with Crippen LogP contribution >= 0.6 is 0 Å². The highest BCUT2D eigenvalue weighted by Gasteiger charge is 2.62. The fourth-order valence-corrected chi connectivity index (χ4v) is 5.16. The Morgan fingerprint density at radius 1 is 1.31 bits per heavy atom. The predicted octanol–water partition coefficient (Wildman–Crippen LogP) is 1.80. The molecule has 0 heterocycles. The van der Waals surface area contributed by atoms with Crippen molar-refractivity contribution in [1.29, 1.82) is 0 Å². The minimum absolute atomic E-state index is 0.0444. The SMILES string of the molecule is CC1=C(/C=C/C2=C[C@H](O)C[C@@]3(C)[C@H]2CC[C@]3(O)C(=O)CO)C[C@@H](O)CC1. The Morgan fingerprint density at radius 3 is 2.73 bits per heavy atom. The number of aliphatic hydroxyl groups is 4. The molecule has 0 aromatic carbocycles. The first-order valence-electron chi connectivity index (χ1n) is 9.52. The summed E-state index contributed by atoms with van der Waals surface area (Å²) >= 11 is 0. The molecule has 0 bridgehead atoms. The molecule has 5 atom stereocenters. The second kappa shape index (κ2) is 7.04. The van der Waals surface area contributed by atoms with Gasteiger partial charge in [0.25, 0.3) is 0 Å². The Balaban J connectivity index is 1.90. The number of aliphatic hydroxyl groups excluding tert-OH is 3. The number of hydrogen-bond donors (Lipinski definition) is 4. The van der Waals surface area contributed by atoms with Crippen molar-refractivity contribution in [2.45, 2.75) is 70.2 Å². The summed E-state index contributed by atoms with van der Waals surface area (Å²) in [4.78, 5) is 12.2. The van der Waals surface area contributed by atoms with E-state index in [-0.39, 0.29) is 12.0 Å². The van der Waals surface area contributed by atoms with Crippen molar-refractivity contribution in [3.63, 3.8) is 0 Å². The molecular formula is C21H30O5. The highest BCUT2D eigenvalue weighted by atomic mass is 16.3. The fraction of sp³-hybridized carbons (Fsp3) is 0.667. The first-order chi connectivity index (χ1) is 12.2. The summed E-state index contributed by atoms with van der Waals surface area (Å²) in [5, 5.41) is 40.6. The number of ketones is 1. The number of Topliss-reactive ketones (excluding diaryl/α,β-unsaturated/α-hetero) is 1. The standard InChI is InChI=1S/C21H30O5/c1-13-3-6-16(23)9-14(13)4-5-15-10-17(24)11-20(2)18(15)7-8-21(20,26)19(25)12-22/h4-5,10,16-18,22-24,26H,3,6-9,11-12H2,1-2H3/b5-4+/t16-,17-,18-,20-,21-/m0/s1. The largest absolute Gasteiger partial charge is 0.393 e. The first kappa shape index (κ1) is 19.5. The van der Waals surface area contributed by atoms with Crippen molar-refractivity contribution in [1.82, 2.24) is 0 Å². The van der Waals surface area contributed by atoms with Gasteiger partial charge in [-0.1, -0.05) is 30.7 Å². The van der Waals surface area contributed by atoms with Gasteiger partial charge in [0, 0.05) is 5.41 Å². The number of carbonyl (C=O) groups is 1. The molecule has 3 aliphatic rings. The highest BCUT2D eigenvalue weighted by molar-refractivity contribution is 5.89. The van der Waals surface area contributed by atoms with Crippen LogP contribution < -0.4 is 0 Å². The van der Waals surface area contributed by atoms with Gasteiger partial charge in [0.2, 0.25) is 0 Å². The van der Waals surface area contributed by atoms with E-state index in [2.05, 4.69) is 6.92 Å². The second-order valence-corrected chi connectivity index (χ2v) is 8.42. The maximum absolute atomic E-state index is 12.2. The maximum atomic E-state index is 12.2. The minimum Gasteiger partial charge on any atom is -0.393 e. The normalized spacial score (nSPS) is 40.7. The zero-order valence-corrected chi connectivity index (χ0v) is 15.6. The summed E-state index contributed by atoms with van der Waals surface area (Å²) < 4.78 is 0.